The van der Waals surface area contributed by atoms with Crippen LogP contribution in [-0.4, -0.2) is 60.0 Å². The monoisotopic (exact) mass is 508 g/mol. The van der Waals surface area contributed by atoms with Gasteiger partial charge in [0.1, 0.15) is 5.84 Å². The molecule has 1 aliphatic heterocycles. The molecule has 0 bridgehead atoms. The Morgan fingerprint density at radius 1 is 1.28 bits per heavy atom. The van der Waals surface area contributed by atoms with Crippen molar-refractivity contribution < 1.29 is 0 Å². The number of nitrogens with zero attached hydrogens (tertiary/aromatic N) is 4. The lowest BCUT2D eigenvalue weighted by atomic mass is 10.0. The summed E-state index contributed by atoms with van der Waals surface area (Å²) >= 11 is 2.34. The fourth-order valence-electron chi connectivity index (χ4n) is 4.20. The number of hydrazine groups is 1. The van der Waals surface area contributed by atoms with Crippen LogP contribution in [0.15, 0.2) is 53.3 Å². The van der Waals surface area contributed by atoms with Crippen LogP contribution in [-0.2, 0) is 6.54 Å². The van der Waals surface area contributed by atoms with E-state index < -0.39 is 0 Å². The number of piperazine rings is 1. The maximum Gasteiger partial charge on any atom is 0.133 e. The zero-order valence-corrected chi connectivity index (χ0v) is 19.5. The number of aliphatic imine (C=N–C) groups is 1. The minimum atomic E-state index is 0.460. The molecule has 6 nitrogen and oxygen atoms in total. The smallest absolute Gasteiger partial charge is 0.133 e. The molecular weight excluding hydrogens is 475 g/mol. The standard InChI is InChI=1S/C22H33IN6/c1-3-26-22(21-17(2)4-9-20(21)25)27-12-14-28(15-13-27)29(11-10-24)16-18-5-7-19(23)8-6-18/h3,5-8,17H,1,4,9-16,24-25H2,2H3. The maximum atomic E-state index is 6.32. The number of amidine groups is 1. The van der Waals surface area contributed by atoms with E-state index in [1.165, 1.54) is 14.7 Å². The van der Waals surface area contributed by atoms with Crippen molar-refractivity contribution in [3.63, 3.8) is 0 Å². The quantitative estimate of drug-likeness (QED) is 0.337. The Hall–Kier alpha value is -1.42. The summed E-state index contributed by atoms with van der Waals surface area (Å²) in [6, 6.07) is 8.72. The van der Waals surface area contributed by atoms with Crippen LogP contribution in [0.5, 0.6) is 0 Å². The van der Waals surface area contributed by atoms with E-state index in [-0.39, 0.29) is 0 Å². The molecule has 0 spiro atoms. The Kier molecular flexibility index (Phi) is 8.11. The van der Waals surface area contributed by atoms with Gasteiger partial charge in [0.2, 0.25) is 0 Å². The van der Waals surface area contributed by atoms with Gasteiger partial charge in [0, 0.05) is 66.9 Å². The van der Waals surface area contributed by atoms with Crippen molar-refractivity contribution in [1.82, 2.24) is 14.9 Å². The first-order valence-corrected chi connectivity index (χ1v) is 11.5. The maximum absolute atomic E-state index is 6.32. The summed E-state index contributed by atoms with van der Waals surface area (Å²) in [5.74, 6) is 1.48. The Balaban J connectivity index is 1.67. The minimum absolute atomic E-state index is 0.460. The van der Waals surface area contributed by atoms with Gasteiger partial charge in [-0.25, -0.2) is 15.0 Å². The summed E-state index contributed by atoms with van der Waals surface area (Å²) in [4.78, 5) is 7.00. The van der Waals surface area contributed by atoms with Gasteiger partial charge >= 0.3 is 0 Å². The van der Waals surface area contributed by atoms with Crippen molar-refractivity contribution >= 4 is 28.4 Å². The van der Waals surface area contributed by atoms with Gasteiger partial charge in [0.25, 0.3) is 0 Å². The molecule has 1 fully saturated rings. The number of allylic oxidation sites excluding steroid dienone is 1. The predicted octanol–water partition coefficient (Wildman–Crippen LogP) is 2.77. The highest BCUT2D eigenvalue weighted by molar-refractivity contribution is 14.1. The Morgan fingerprint density at radius 3 is 2.52 bits per heavy atom. The second-order valence-electron chi connectivity index (χ2n) is 7.76. The van der Waals surface area contributed by atoms with Crippen molar-refractivity contribution in [2.45, 2.75) is 26.3 Å². The van der Waals surface area contributed by atoms with Gasteiger partial charge in [-0.2, -0.15) is 0 Å². The molecule has 158 valence electrons. The molecule has 29 heavy (non-hydrogen) atoms. The highest BCUT2D eigenvalue weighted by Crippen LogP contribution is 2.31. The molecular formula is C22H33IN6. The summed E-state index contributed by atoms with van der Waals surface area (Å²) in [6.45, 7) is 12.2. The number of nitrogens with two attached hydrogens (primary N) is 2. The third kappa shape index (κ3) is 5.59. The van der Waals surface area contributed by atoms with Crippen LogP contribution in [0.2, 0.25) is 0 Å². The van der Waals surface area contributed by atoms with Crippen molar-refractivity contribution in [1.29, 1.82) is 0 Å². The summed E-state index contributed by atoms with van der Waals surface area (Å²) < 4.78 is 1.26. The third-order valence-electron chi connectivity index (χ3n) is 5.76. The average Bonchev–Trinajstić information content (AvgIpc) is 3.06. The molecule has 1 aromatic rings. The van der Waals surface area contributed by atoms with Crippen molar-refractivity contribution in [3.05, 3.63) is 57.4 Å². The van der Waals surface area contributed by atoms with Crippen LogP contribution >= 0.6 is 22.6 Å². The summed E-state index contributed by atoms with van der Waals surface area (Å²) in [5.41, 5.74) is 15.8. The van der Waals surface area contributed by atoms with Crippen LogP contribution in [0, 0.1) is 9.49 Å². The number of benzene rings is 1. The van der Waals surface area contributed by atoms with E-state index in [4.69, 9.17) is 11.5 Å². The molecule has 1 saturated heterocycles. The molecule has 2 aliphatic rings. The average molecular weight is 508 g/mol. The molecule has 3 rings (SSSR count). The van der Waals surface area contributed by atoms with Gasteiger partial charge in [0.15, 0.2) is 0 Å². The lowest BCUT2D eigenvalue weighted by Gasteiger charge is -2.42. The highest BCUT2D eigenvalue weighted by atomic mass is 127. The van der Waals surface area contributed by atoms with Crippen LogP contribution in [0.3, 0.4) is 0 Å². The number of hydrogen-bond acceptors (Lipinski definition) is 5. The second-order valence-corrected chi connectivity index (χ2v) is 9.00. The molecule has 1 atom stereocenters. The van der Waals surface area contributed by atoms with Crippen molar-refractivity contribution in [2.24, 2.45) is 22.4 Å². The van der Waals surface area contributed by atoms with E-state index in [0.29, 0.717) is 12.5 Å². The lowest BCUT2D eigenvalue weighted by molar-refractivity contribution is -0.0523. The normalized spacial score (nSPS) is 21.3. The topological polar surface area (TPSA) is 74.1 Å². The van der Waals surface area contributed by atoms with Gasteiger partial charge in [-0.3, -0.25) is 0 Å². The molecule has 1 aromatic carbocycles. The first-order valence-electron chi connectivity index (χ1n) is 10.4. The Bertz CT molecular complexity index is 749. The number of rotatable bonds is 7. The Labute approximate surface area is 188 Å². The summed E-state index contributed by atoms with van der Waals surface area (Å²) in [5, 5.41) is 4.82. The molecule has 0 saturated carbocycles. The fraction of sp³-hybridized carbons (Fsp3) is 0.500. The molecule has 0 amide bonds. The van der Waals surface area contributed by atoms with Crippen molar-refractivity contribution in [3.8, 4) is 0 Å². The van der Waals surface area contributed by atoms with E-state index in [9.17, 15) is 0 Å². The van der Waals surface area contributed by atoms with Gasteiger partial charge in [-0.1, -0.05) is 25.6 Å². The van der Waals surface area contributed by atoms with E-state index >= 15 is 0 Å². The SMILES string of the molecule is C=CN=C(C1=C(N)CCC1C)N1CCN(N(CCN)Cc2ccc(I)cc2)CC1. The van der Waals surface area contributed by atoms with Gasteiger partial charge < -0.3 is 16.4 Å². The molecule has 1 unspecified atom stereocenters. The molecule has 1 aliphatic carbocycles. The van der Waals surface area contributed by atoms with E-state index in [2.05, 4.69) is 80.3 Å². The minimum Gasteiger partial charge on any atom is -0.402 e. The van der Waals surface area contributed by atoms with Crippen LogP contribution in [0.1, 0.15) is 25.3 Å². The first-order chi connectivity index (χ1) is 14.0. The second kappa shape index (κ2) is 10.6. The molecule has 7 heteroatoms. The number of hydrogen-bond donors (Lipinski definition) is 2. The van der Waals surface area contributed by atoms with Crippen molar-refractivity contribution in [2.75, 3.05) is 39.3 Å². The van der Waals surface area contributed by atoms with Crippen LogP contribution in [0.25, 0.3) is 0 Å². The van der Waals surface area contributed by atoms with Gasteiger partial charge in [0.05, 0.1) is 0 Å². The van der Waals surface area contributed by atoms with Crippen LogP contribution in [0.4, 0.5) is 0 Å². The zero-order chi connectivity index (χ0) is 20.8. The molecule has 0 radical (unpaired) electrons. The molecule has 0 aromatic heterocycles. The highest BCUT2D eigenvalue weighted by Gasteiger charge is 2.30. The summed E-state index contributed by atoms with van der Waals surface area (Å²) in [7, 11) is 0. The third-order valence-corrected chi connectivity index (χ3v) is 6.48. The van der Waals surface area contributed by atoms with E-state index in [0.717, 1.165) is 63.6 Å². The lowest BCUT2D eigenvalue weighted by Crippen LogP contribution is -2.56. The van der Waals surface area contributed by atoms with Gasteiger partial charge in [-0.05, 0) is 59.0 Å². The van der Waals surface area contributed by atoms with Crippen LogP contribution < -0.4 is 11.5 Å². The molecule has 4 N–H and O–H groups in total. The first kappa shape index (κ1) is 22.3. The zero-order valence-electron chi connectivity index (χ0n) is 17.4. The predicted molar refractivity (Wildman–Crippen MR) is 129 cm³/mol. The van der Waals surface area contributed by atoms with E-state index in [1.807, 2.05) is 0 Å². The van der Waals surface area contributed by atoms with Gasteiger partial charge in [-0.15, -0.1) is 0 Å². The fourth-order valence-corrected chi connectivity index (χ4v) is 4.56. The molecule has 1 heterocycles. The van der Waals surface area contributed by atoms with E-state index in [1.54, 1.807) is 6.20 Å². The Morgan fingerprint density at radius 2 is 1.97 bits per heavy atom. The summed E-state index contributed by atoms with van der Waals surface area (Å²) in [6.07, 6.45) is 3.72. The largest absolute Gasteiger partial charge is 0.402 e. The number of halogens is 1.